The van der Waals surface area contributed by atoms with E-state index in [-0.39, 0.29) is 23.9 Å². The molecule has 1 unspecified atom stereocenters. The molecule has 0 saturated carbocycles. The molecule has 0 bridgehead atoms. The van der Waals surface area contributed by atoms with Gasteiger partial charge in [-0.05, 0) is 44.0 Å². The number of aromatic amines is 1. The van der Waals surface area contributed by atoms with E-state index in [1.54, 1.807) is 14.2 Å². The Bertz CT molecular complexity index is 1150. The monoisotopic (exact) mass is 459 g/mol. The zero-order valence-electron chi connectivity index (χ0n) is 19.0. The summed E-state index contributed by atoms with van der Waals surface area (Å²) in [5.41, 5.74) is 1.70. The van der Waals surface area contributed by atoms with Crippen molar-refractivity contribution in [1.82, 2.24) is 15.3 Å². The van der Waals surface area contributed by atoms with Crippen molar-refractivity contribution in [3.05, 3.63) is 50.4 Å². The first-order chi connectivity index (χ1) is 15.3. The third-order valence-corrected chi connectivity index (χ3v) is 6.39. The maximum absolute atomic E-state index is 12.5. The van der Waals surface area contributed by atoms with Gasteiger partial charge in [-0.3, -0.25) is 9.59 Å². The molecule has 9 heteroatoms. The predicted octanol–water partition coefficient (Wildman–Crippen LogP) is 3.45. The summed E-state index contributed by atoms with van der Waals surface area (Å²) in [6.07, 6.45) is 0.576. The van der Waals surface area contributed by atoms with Gasteiger partial charge in [0.15, 0.2) is 11.5 Å². The van der Waals surface area contributed by atoms with Crippen LogP contribution in [0.3, 0.4) is 0 Å². The van der Waals surface area contributed by atoms with Crippen LogP contribution in [0.5, 0.6) is 11.5 Å². The van der Waals surface area contributed by atoms with Crippen molar-refractivity contribution in [2.45, 2.75) is 39.7 Å². The quantitative estimate of drug-likeness (QED) is 0.450. The molecule has 2 heterocycles. The van der Waals surface area contributed by atoms with Gasteiger partial charge in [0.1, 0.15) is 17.3 Å². The van der Waals surface area contributed by atoms with Gasteiger partial charge < -0.3 is 24.5 Å². The van der Waals surface area contributed by atoms with Crippen molar-refractivity contribution in [2.24, 2.45) is 0 Å². The van der Waals surface area contributed by atoms with E-state index in [9.17, 15) is 9.59 Å². The van der Waals surface area contributed by atoms with Gasteiger partial charge in [-0.25, -0.2) is 4.98 Å². The van der Waals surface area contributed by atoms with E-state index in [1.165, 1.54) is 11.3 Å². The number of hydrogen-bond donors (Lipinski definition) is 2. The van der Waals surface area contributed by atoms with Crippen LogP contribution in [0, 0.1) is 13.8 Å². The molecule has 2 aromatic heterocycles. The summed E-state index contributed by atoms with van der Waals surface area (Å²) in [5.74, 6) is 1.61. The van der Waals surface area contributed by atoms with Gasteiger partial charge in [0.2, 0.25) is 5.91 Å². The molecule has 1 aromatic carbocycles. The molecule has 3 aromatic rings. The van der Waals surface area contributed by atoms with Crippen LogP contribution in [0.15, 0.2) is 23.0 Å². The molecule has 32 heavy (non-hydrogen) atoms. The topological polar surface area (TPSA) is 103 Å². The fraction of sp³-hybridized carbons (Fsp3) is 0.435. The highest BCUT2D eigenvalue weighted by atomic mass is 32.1. The van der Waals surface area contributed by atoms with Gasteiger partial charge in [-0.2, -0.15) is 0 Å². The number of aryl methyl sites for hydroxylation is 3. The van der Waals surface area contributed by atoms with Crippen LogP contribution in [0.2, 0.25) is 0 Å². The summed E-state index contributed by atoms with van der Waals surface area (Å²) >= 11 is 1.50. The second-order valence-electron chi connectivity index (χ2n) is 7.52. The summed E-state index contributed by atoms with van der Waals surface area (Å²) in [4.78, 5) is 34.0. The standard InChI is InChI=1S/C23H29N3O5S/c1-13-15(3)32-23-21(13)22(28)25-19(26-23)8-9-20(27)24-14(2)16-6-7-17(18(12-16)30-5)31-11-10-29-4/h6-7,12,14H,8-11H2,1-5H3,(H,24,27)(H,25,26,28). The molecule has 0 spiro atoms. The number of amides is 1. The molecular formula is C23H29N3O5S. The summed E-state index contributed by atoms with van der Waals surface area (Å²) in [6, 6.07) is 5.34. The van der Waals surface area contributed by atoms with Crippen LogP contribution in [0.25, 0.3) is 10.2 Å². The van der Waals surface area contributed by atoms with Gasteiger partial charge in [-0.15, -0.1) is 11.3 Å². The minimum atomic E-state index is -0.221. The third-order valence-electron chi connectivity index (χ3n) is 5.29. The van der Waals surface area contributed by atoms with Crippen molar-refractivity contribution < 1.29 is 19.0 Å². The number of carbonyl (C=O) groups excluding carboxylic acids is 1. The van der Waals surface area contributed by atoms with Crippen molar-refractivity contribution in [3.63, 3.8) is 0 Å². The number of ether oxygens (including phenoxy) is 3. The van der Waals surface area contributed by atoms with E-state index in [1.807, 2.05) is 39.0 Å². The maximum Gasteiger partial charge on any atom is 0.259 e. The van der Waals surface area contributed by atoms with Crippen molar-refractivity contribution >= 4 is 27.5 Å². The normalized spacial score (nSPS) is 12.0. The number of rotatable bonds is 10. The number of fused-ring (bicyclic) bond motifs is 1. The number of H-pyrrole nitrogens is 1. The lowest BCUT2D eigenvalue weighted by Crippen LogP contribution is -2.27. The lowest BCUT2D eigenvalue weighted by atomic mass is 10.1. The number of aromatic nitrogens is 2. The minimum Gasteiger partial charge on any atom is -0.493 e. The van der Waals surface area contributed by atoms with E-state index in [0.29, 0.717) is 47.2 Å². The zero-order chi connectivity index (χ0) is 23.3. The largest absolute Gasteiger partial charge is 0.493 e. The highest BCUT2D eigenvalue weighted by Gasteiger charge is 2.15. The Kier molecular flexibility index (Phi) is 7.87. The fourth-order valence-corrected chi connectivity index (χ4v) is 4.40. The Morgan fingerprint density at radius 3 is 2.72 bits per heavy atom. The van der Waals surface area contributed by atoms with E-state index in [2.05, 4.69) is 15.3 Å². The Morgan fingerprint density at radius 1 is 1.22 bits per heavy atom. The minimum absolute atomic E-state index is 0.127. The SMILES string of the molecule is COCCOc1ccc(C(C)NC(=O)CCc2nc3sc(C)c(C)c3c(=O)[nH]2)cc1OC. The number of thiophene rings is 1. The lowest BCUT2D eigenvalue weighted by Gasteiger charge is -2.17. The number of hydrogen-bond acceptors (Lipinski definition) is 7. The molecule has 0 fully saturated rings. The van der Waals surface area contributed by atoms with Crippen molar-refractivity contribution in [2.75, 3.05) is 27.4 Å². The van der Waals surface area contributed by atoms with Crippen LogP contribution in [0.4, 0.5) is 0 Å². The average Bonchev–Trinajstić information content (AvgIpc) is 3.06. The molecule has 172 valence electrons. The summed E-state index contributed by atoms with van der Waals surface area (Å²) in [7, 11) is 3.19. The summed E-state index contributed by atoms with van der Waals surface area (Å²) in [5, 5.41) is 3.62. The van der Waals surface area contributed by atoms with Gasteiger partial charge in [0.05, 0.1) is 25.1 Å². The van der Waals surface area contributed by atoms with Gasteiger partial charge >= 0.3 is 0 Å². The molecule has 8 nitrogen and oxygen atoms in total. The van der Waals surface area contributed by atoms with Gasteiger partial charge in [0.25, 0.3) is 5.56 Å². The molecule has 0 aliphatic carbocycles. The number of methoxy groups -OCH3 is 2. The number of benzene rings is 1. The van der Waals surface area contributed by atoms with E-state index in [4.69, 9.17) is 14.2 Å². The molecule has 2 N–H and O–H groups in total. The van der Waals surface area contributed by atoms with Crippen LogP contribution < -0.4 is 20.3 Å². The van der Waals surface area contributed by atoms with Crippen molar-refractivity contribution in [1.29, 1.82) is 0 Å². The van der Waals surface area contributed by atoms with Crippen LogP contribution in [-0.4, -0.2) is 43.3 Å². The van der Waals surface area contributed by atoms with Gasteiger partial charge in [0, 0.05) is 24.8 Å². The summed E-state index contributed by atoms with van der Waals surface area (Å²) in [6.45, 7) is 6.71. The second kappa shape index (κ2) is 10.6. The molecule has 1 atom stereocenters. The molecule has 3 rings (SSSR count). The highest BCUT2D eigenvalue weighted by molar-refractivity contribution is 7.18. The van der Waals surface area contributed by atoms with Crippen LogP contribution in [-0.2, 0) is 16.0 Å². The smallest absolute Gasteiger partial charge is 0.259 e. The first kappa shape index (κ1) is 23.7. The molecule has 0 radical (unpaired) electrons. The first-order valence-corrected chi connectivity index (χ1v) is 11.2. The Balaban J connectivity index is 1.61. The number of nitrogens with zero attached hydrogens (tertiary/aromatic N) is 1. The third kappa shape index (κ3) is 5.46. The number of nitrogens with one attached hydrogen (secondary N) is 2. The Morgan fingerprint density at radius 2 is 2.00 bits per heavy atom. The highest BCUT2D eigenvalue weighted by Crippen LogP contribution is 2.30. The average molecular weight is 460 g/mol. The second-order valence-corrected chi connectivity index (χ2v) is 8.72. The molecule has 0 saturated heterocycles. The maximum atomic E-state index is 12.5. The number of carbonyl (C=O) groups is 1. The van der Waals surface area contributed by atoms with Crippen LogP contribution in [0.1, 0.15) is 41.2 Å². The van der Waals surface area contributed by atoms with E-state index < -0.39 is 0 Å². The zero-order valence-corrected chi connectivity index (χ0v) is 19.9. The lowest BCUT2D eigenvalue weighted by molar-refractivity contribution is -0.121. The Hall–Kier alpha value is -2.91. The fourth-order valence-electron chi connectivity index (χ4n) is 3.35. The molecule has 0 aliphatic heterocycles. The van der Waals surface area contributed by atoms with Crippen LogP contribution >= 0.6 is 11.3 Å². The molecule has 0 aliphatic rings. The summed E-state index contributed by atoms with van der Waals surface area (Å²) < 4.78 is 16.1. The van der Waals surface area contributed by atoms with Crippen molar-refractivity contribution in [3.8, 4) is 11.5 Å². The van der Waals surface area contributed by atoms with E-state index in [0.717, 1.165) is 16.0 Å². The van der Waals surface area contributed by atoms with Gasteiger partial charge in [-0.1, -0.05) is 6.07 Å². The Labute approximate surface area is 190 Å². The molecule has 1 amide bonds. The predicted molar refractivity (Wildman–Crippen MR) is 125 cm³/mol. The molecular weight excluding hydrogens is 430 g/mol. The van der Waals surface area contributed by atoms with E-state index >= 15 is 0 Å². The first-order valence-electron chi connectivity index (χ1n) is 10.4.